The van der Waals surface area contributed by atoms with Crippen molar-refractivity contribution < 1.29 is 9.59 Å². The molecule has 2 fully saturated rings. The molecule has 2 aliphatic rings. The van der Waals surface area contributed by atoms with Crippen molar-refractivity contribution in [1.82, 2.24) is 4.90 Å². The smallest absolute Gasteiger partial charge is 0.228 e. The summed E-state index contributed by atoms with van der Waals surface area (Å²) in [6, 6.07) is 5.76. The third-order valence-corrected chi connectivity index (χ3v) is 5.51. The number of nitrogens with zero attached hydrogens (tertiary/aromatic N) is 1. The summed E-state index contributed by atoms with van der Waals surface area (Å²) in [5.41, 5.74) is 1.70. The predicted octanol–water partition coefficient (Wildman–Crippen LogP) is 4.01. The van der Waals surface area contributed by atoms with Gasteiger partial charge in [0.25, 0.3) is 0 Å². The van der Waals surface area contributed by atoms with E-state index in [4.69, 9.17) is 11.6 Å². The molecule has 0 aromatic heterocycles. The molecule has 0 radical (unpaired) electrons. The Morgan fingerprint density at radius 3 is 2.79 bits per heavy atom. The van der Waals surface area contributed by atoms with Gasteiger partial charge in [-0.1, -0.05) is 18.5 Å². The van der Waals surface area contributed by atoms with Gasteiger partial charge in [-0.3, -0.25) is 9.59 Å². The zero-order valence-corrected chi connectivity index (χ0v) is 15.1. The monoisotopic (exact) mass is 348 g/mol. The van der Waals surface area contributed by atoms with Crippen molar-refractivity contribution in [2.24, 2.45) is 11.8 Å². The SMILES string of the molecule is CCC1CCCCN1C(=O)C1CC1C(=O)Nc1ccc(Cl)cc1C. The van der Waals surface area contributed by atoms with Gasteiger partial charge in [0, 0.05) is 23.3 Å². The van der Waals surface area contributed by atoms with Crippen LogP contribution >= 0.6 is 11.6 Å². The maximum atomic E-state index is 12.7. The standard InChI is InChI=1S/C19H25ClN2O2/c1-3-14-6-4-5-9-22(14)19(24)16-11-15(16)18(23)21-17-8-7-13(20)10-12(17)2/h7-8,10,14-16H,3-6,9,11H2,1-2H3,(H,21,23). The molecule has 0 bridgehead atoms. The average molecular weight is 349 g/mol. The van der Waals surface area contributed by atoms with E-state index in [1.165, 1.54) is 6.42 Å². The highest BCUT2D eigenvalue weighted by Gasteiger charge is 2.50. The molecule has 3 unspecified atom stereocenters. The lowest BCUT2D eigenvalue weighted by molar-refractivity contribution is -0.137. The Balaban J connectivity index is 1.59. The predicted molar refractivity (Wildman–Crippen MR) is 96.1 cm³/mol. The Labute approximate surface area is 148 Å². The molecule has 4 nitrogen and oxygen atoms in total. The second-order valence-electron chi connectivity index (χ2n) is 6.99. The summed E-state index contributed by atoms with van der Waals surface area (Å²) in [5, 5.41) is 3.60. The van der Waals surface area contributed by atoms with Crippen LogP contribution in [0.5, 0.6) is 0 Å². The molecule has 24 heavy (non-hydrogen) atoms. The molecule has 130 valence electrons. The molecule has 2 amide bonds. The van der Waals surface area contributed by atoms with Crippen LogP contribution in [-0.4, -0.2) is 29.3 Å². The first-order chi connectivity index (χ1) is 11.5. The van der Waals surface area contributed by atoms with Crippen molar-refractivity contribution in [3.05, 3.63) is 28.8 Å². The largest absolute Gasteiger partial charge is 0.339 e. The van der Waals surface area contributed by atoms with Gasteiger partial charge in [0.2, 0.25) is 11.8 Å². The fourth-order valence-corrected chi connectivity index (χ4v) is 3.91. The molecule has 3 rings (SSSR count). The van der Waals surface area contributed by atoms with Gasteiger partial charge >= 0.3 is 0 Å². The third kappa shape index (κ3) is 3.59. The Bertz CT molecular complexity index is 646. The Kier molecular flexibility index (Phi) is 5.14. The second-order valence-corrected chi connectivity index (χ2v) is 7.42. The van der Waals surface area contributed by atoms with E-state index in [1.54, 1.807) is 6.07 Å². The van der Waals surface area contributed by atoms with Crippen molar-refractivity contribution in [2.45, 2.75) is 52.0 Å². The van der Waals surface area contributed by atoms with Crippen LogP contribution in [0.15, 0.2) is 18.2 Å². The van der Waals surface area contributed by atoms with Gasteiger partial charge in [-0.05, 0) is 62.8 Å². The van der Waals surface area contributed by atoms with Gasteiger partial charge in [0.05, 0.1) is 11.8 Å². The number of amides is 2. The van der Waals surface area contributed by atoms with Crippen molar-refractivity contribution in [3.8, 4) is 0 Å². The van der Waals surface area contributed by atoms with Gasteiger partial charge in [0.15, 0.2) is 0 Å². The fourth-order valence-electron chi connectivity index (χ4n) is 3.68. The number of aryl methyl sites for hydroxylation is 1. The molecule has 1 aliphatic carbocycles. The number of hydrogen-bond acceptors (Lipinski definition) is 2. The normalized spacial score (nSPS) is 26.1. The number of likely N-dealkylation sites (tertiary alicyclic amines) is 1. The number of anilines is 1. The van der Waals surface area contributed by atoms with Gasteiger partial charge < -0.3 is 10.2 Å². The Morgan fingerprint density at radius 2 is 2.08 bits per heavy atom. The second kappa shape index (κ2) is 7.14. The number of carbonyl (C=O) groups excluding carboxylic acids is 2. The topological polar surface area (TPSA) is 49.4 Å². The highest BCUT2D eigenvalue weighted by Crippen LogP contribution is 2.42. The number of rotatable bonds is 4. The van der Waals surface area contributed by atoms with Gasteiger partial charge in [0.1, 0.15) is 0 Å². The number of nitrogens with one attached hydrogen (secondary N) is 1. The zero-order chi connectivity index (χ0) is 17.3. The van der Waals surface area contributed by atoms with Gasteiger partial charge in [-0.25, -0.2) is 0 Å². The summed E-state index contributed by atoms with van der Waals surface area (Å²) >= 11 is 5.94. The quantitative estimate of drug-likeness (QED) is 0.893. The molecule has 1 aromatic rings. The zero-order valence-electron chi connectivity index (χ0n) is 14.3. The van der Waals surface area contributed by atoms with Gasteiger partial charge in [-0.2, -0.15) is 0 Å². The first kappa shape index (κ1) is 17.3. The van der Waals surface area contributed by atoms with E-state index < -0.39 is 0 Å². The lowest BCUT2D eigenvalue weighted by Crippen LogP contribution is -2.44. The van der Waals surface area contributed by atoms with E-state index in [1.807, 2.05) is 24.0 Å². The number of halogens is 1. The fraction of sp³-hybridized carbons (Fsp3) is 0.579. The average Bonchev–Trinajstić information content (AvgIpc) is 3.37. The minimum Gasteiger partial charge on any atom is -0.339 e. The first-order valence-corrected chi connectivity index (χ1v) is 9.26. The van der Waals surface area contributed by atoms with Crippen molar-refractivity contribution in [3.63, 3.8) is 0 Å². The van der Waals surface area contributed by atoms with Crippen LogP contribution in [0, 0.1) is 18.8 Å². The van der Waals surface area contributed by atoms with Crippen molar-refractivity contribution in [1.29, 1.82) is 0 Å². The maximum absolute atomic E-state index is 12.7. The summed E-state index contributed by atoms with van der Waals surface area (Å²) in [6.45, 7) is 4.89. The van der Waals surface area contributed by atoms with Crippen LogP contribution in [0.3, 0.4) is 0 Å². The number of benzene rings is 1. The molecule has 0 spiro atoms. The molecular weight excluding hydrogens is 324 g/mol. The summed E-state index contributed by atoms with van der Waals surface area (Å²) in [7, 11) is 0. The molecule has 1 N–H and O–H groups in total. The van der Waals surface area contributed by atoms with E-state index >= 15 is 0 Å². The van der Waals surface area contributed by atoms with E-state index in [0.29, 0.717) is 17.5 Å². The molecule has 1 saturated carbocycles. The highest BCUT2D eigenvalue weighted by molar-refractivity contribution is 6.30. The molecule has 1 heterocycles. The number of hydrogen-bond donors (Lipinski definition) is 1. The first-order valence-electron chi connectivity index (χ1n) is 8.88. The number of carbonyl (C=O) groups is 2. The summed E-state index contributed by atoms with van der Waals surface area (Å²) in [6.07, 6.45) is 5.04. The van der Waals surface area contributed by atoms with Crippen LogP contribution in [0.4, 0.5) is 5.69 Å². The minimum atomic E-state index is -0.188. The molecular formula is C19H25ClN2O2. The van der Waals surface area contributed by atoms with Crippen molar-refractivity contribution in [2.75, 3.05) is 11.9 Å². The van der Waals surface area contributed by atoms with Crippen LogP contribution in [0.25, 0.3) is 0 Å². The van der Waals surface area contributed by atoms with Crippen molar-refractivity contribution >= 4 is 29.1 Å². The molecule has 5 heteroatoms. The van der Waals surface area contributed by atoms with Crippen LogP contribution in [0.2, 0.25) is 5.02 Å². The Hall–Kier alpha value is -1.55. The molecule has 3 atom stereocenters. The highest BCUT2D eigenvalue weighted by atomic mass is 35.5. The summed E-state index contributed by atoms with van der Waals surface area (Å²) in [5.74, 6) is -0.199. The lowest BCUT2D eigenvalue weighted by atomic mass is 9.99. The lowest BCUT2D eigenvalue weighted by Gasteiger charge is -2.35. The van der Waals surface area contributed by atoms with Crippen LogP contribution < -0.4 is 5.32 Å². The molecule has 1 aliphatic heterocycles. The van der Waals surface area contributed by atoms with Gasteiger partial charge in [-0.15, -0.1) is 0 Å². The molecule has 1 aromatic carbocycles. The van der Waals surface area contributed by atoms with E-state index in [2.05, 4.69) is 12.2 Å². The van der Waals surface area contributed by atoms with Crippen LogP contribution in [0.1, 0.15) is 44.6 Å². The van der Waals surface area contributed by atoms with E-state index in [9.17, 15) is 9.59 Å². The van der Waals surface area contributed by atoms with Crippen LogP contribution in [-0.2, 0) is 9.59 Å². The summed E-state index contributed by atoms with van der Waals surface area (Å²) < 4.78 is 0. The van der Waals surface area contributed by atoms with E-state index in [0.717, 1.165) is 37.1 Å². The Morgan fingerprint density at radius 1 is 1.29 bits per heavy atom. The maximum Gasteiger partial charge on any atom is 0.228 e. The third-order valence-electron chi connectivity index (χ3n) is 5.27. The summed E-state index contributed by atoms with van der Waals surface area (Å²) in [4.78, 5) is 27.2. The molecule has 1 saturated heterocycles. The minimum absolute atomic E-state index is 0.0520. The number of piperidine rings is 1. The van der Waals surface area contributed by atoms with E-state index in [-0.39, 0.29) is 23.7 Å².